The topological polar surface area (TPSA) is 84.8 Å². The SMILES string of the molecule is N#Cc1nccn1-c1ccccc1[N+](=O)[O-]. The van der Waals surface area contributed by atoms with Gasteiger partial charge in [0.25, 0.3) is 5.69 Å². The molecule has 0 spiro atoms. The molecule has 0 saturated heterocycles. The molecule has 1 aromatic heterocycles. The van der Waals surface area contributed by atoms with Crippen LogP contribution in [0, 0.1) is 21.4 Å². The summed E-state index contributed by atoms with van der Waals surface area (Å²) in [7, 11) is 0. The van der Waals surface area contributed by atoms with Crippen molar-refractivity contribution in [3.8, 4) is 11.8 Å². The molecule has 0 aliphatic rings. The molecule has 0 fully saturated rings. The van der Waals surface area contributed by atoms with Gasteiger partial charge in [-0.1, -0.05) is 12.1 Å². The normalized spacial score (nSPS) is 9.69. The highest BCUT2D eigenvalue weighted by Crippen LogP contribution is 2.22. The van der Waals surface area contributed by atoms with Crippen LogP contribution in [0.1, 0.15) is 5.82 Å². The molecule has 0 aliphatic carbocycles. The fourth-order valence-electron chi connectivity index (χ4n) is 1.40. The second-order valence-electron chi connectivity index (χ2n) is 2.98. The van der Waals surface area contributed by atoms with Crippen LogP contribution in [-0.2, 0) is 0 Å². The first-order valence-electron chi connectivity index (χ1n) is 4.41. The molecule has 1 heterocycles. The third-order valence-electron chi connectivity index (χ3n) is 2.08. The molecule has 6 heteroatoms. The summed E-state index contributed by atoms with van der Waals surface area (Å²) >= 11 is 0. The minimum atomic E-state index is -0.490. The van der Waals surface area contributed by atoms with Crippen LogP contribution in [0.25, 0.3) is 5.69 Å². The molecule has 2 aromatic rings. The summed E-state index contributed by atoms with van der Waals surface area (Å²) in [5.74, 6) is 0.120. The molecule has 0 saturated carbocycles. The number of benzene rings is 1. The summed E-state index contributed by atoms with van der Waals surface area (Å²) < 4.78 is 1.39. The van der Waals surface area contributed by atoms with Crippen molar-refractivity contribution in [1.29, 1.82) is 5.26 Å². The number of nitrogens with zero attached hydrogens (tertiary/aromatic N) is 4. The van der Waals surface area contributed by atoms with E-state index in [1.807, 2.05) is 6.07 Å². The molecule has 0 aliphatic heterocycles. The Balaban J connectivity index is 2.66. The van der Waals surface area contributed by atoms with Gasteiger partial charge >= 0.3 is 0 Å². The van der Waals surface area contributed by atoms with Crippen LogP contribution >= 0.6 is 0 Å². The Labute approximate surface area is 90.5 Å². The zero-order valence-corrected chi connectivity index (χ0v) is 8.07. The standard InChI is InChI=1S/C10H6N4O2/c11-7-10-12-5-6-13(10)8-3-1-2-4-9(8)14(15)16/h1-6H. The van der Waals surface area contributed by atoms with E-state index in [0.29, 0.717) is 5.69 Å². The third-order valence-corrected chi connectivity index (χ3v) is 2.08. The Kier molecular flexibility index (Phi) is 2.36. The number of imidazole rings is 1. The first-order chi connectivity index (χ1) is 7.74. The Morgan fingerprint density at radius 3 is 2.88 bits per heavy atom. The monoisotopic (exact) mass is 214 g/mol. The third kappa shape index (κ3) is 1.50. The van der Waals surface area contributed by atoms with E-state index in [1.54, 1.807) is 18.2 Å². The molecule has 0 atom stereocenters. The van der Waals surface area contributed by atoms with Crippen LogP contribution in [0.15, 0.2) is 36.7 Å². The first-order valence-corrected chi connectivity index (χ1v) is 4.41. The number of aromatic nitrogens is 2. The van der Waals surface area contributed by atoms with E-state index in [0.717, 1.165) is 0 Å². The average molecular weight is 214 g/mol. The molecular weight excluding hydrogens is 208 g/mol. The van der Waals surface area contributed by atoms with Gasteiger partial charge in [0, 0.05) is 18.5 Å². The Morgan fingerprint density at radius 2 is 2.19 bits per heavy atom. The molecule has 0 amide bonds. The molecule has 1 aromatic carbocycles. The minimum Gasteiger partial charge on any atom is -0.285 e. The van der Waals surface area contributed by atoms with E-state index in [9.17, 15) is 10.1 Å². The predicted octanol–water partition coefficient (Wildman–Crippen LogP) is 1.65. The van der Waals surface area contributed by atoms with Gasteiger partial charge in [0.2, 0.25) is 5.82 Å². The van der Waals surface area contributed by atoms with Crippen LogP contribution in [0.4, 0.5) is 5.69 Å². The number of nitro groups is 1. The lowest BCUT2D eigenvalue weighted by Crippen LogP contribution is -2.01. The highest BCUT2D eigenvalue weighted by Gasteiger charge is 2.15. The summed E-state index contributed by atoms with van der Waals surface area (Å²) in [4.78, 5) is 14.1. The number of nitriles is 1. The number of hydrogen-bond acceptors (Lipinski definition) is 4. The van der Waals surface area contributed by atoms with Gasteiger partial charge in [-0.05, 0) is 6.07 Å². The van der Waals surface area contributed by atoms with Crippen molar-refractivity contribution in [2.24, 2.45) is 0 Å². The summed E-state index contributed by atoms with van der Waals surface area (Å²) in [6.45, 7) is 0. The lowest BCUT2D eigenvalue weighted by molar-refractivity contribution is -0.384. The van der Waals surface area contributed by atoms with Gasteiger partial charge in [-0.2, -0.15) is 5.26 Å². The van der Waals surface area contributed by atoms with Crippen LogP contribution in [0.2, 0.25) is 0 Å². The van der Waals surface area contributed by atoms with Crippen molar-refractivity contribution in [2.45, 2.75) is 0 Å². The maximum atomic E-state index is 10.8. The van der Waals surface area contributed by atoms with E-state index in [2.05, 4.69) is 4.98 Å². The maximum absolute atomic E-state index is 10.8. The van der Waals surface area contributed by atoms with Crippen LogP contribution in [0.3, 0.4) is 0 Å². The van der Waals surface area contributed by atoms with Gasteiger partial charge < -0.3 is 0 Å². The fourth-order valence-corrected chi connectivity index (χ4v) is 1.40. The quantitative estimate of drug-likeness (QED) is 0.562. The highest BCUT2D eigenvalue weighted by molar-refractivity contribution is 5.53. The largest absolute Gasteiger partial charge is 0.293 e. The molecule has 0 radical (unpaired) electrons. The van der Waals surface area contributed by atoms with Gasteiger partial charge in [-0.25, -0.2) is 4.98 Å². The van der Waals surface area contributed by atoms with Crippen molar-refractivity contribution < 1.29 is 4.92 Å². The zero-order valence-electron chi connectivity index (χ0n) is 8.07. The Hall–Kier alpha value is -2.68. The van der Waals surface area contributed by atoms with Gasteiger partial charge in [0.05, 0.1) is 4.92 Å². The van der Waals surface area contributed by atoms with Crippen molar-refractivity contribution in [3.63, 3.8) is 0 Å². The lowest BCUT2D eigenvalue weighted by atomic mass is 10.2. The summed E-state index contributed by atoms with van der Waals surface area (Å²) in [5, 5.41) is 19.6. The lowest BCUT2D eigenvalue weighted by Gasteiger charge is -2.03. The zero-order chi connectivity index (χ0) is 11.5. The van der Waals surface area contributed by atoms with Crippen LogP contribution in [0.5, 0.6) is 0 Å². The molecule has 6 nitrogen and oxygen atoms in total. The van der Waals surface area contributed by atoms with E-state index >= 15 is 0 Å². The smallest absolute Gasteiger partial charge is 0.285 e. The number of nitro benzene ring substituents is 1. The van der Waals surface area contributed by atoms with Gasteiger partial charge in [0.1, 0.15) is 11.8 Å². The van der Waals surface area contributed by atoms with Gasteiger partial charge in [0.15, 0.2) is 0 Å². The van der Waals surface area contributed by atoms with Crippen LogP contribution < -0.4 is 0 Å². The van der Waals surface area contributed by atoms with Crippen molar-refractivity contribution >= 4 is 5.69 Å². The first kappa shape index (κ1) is 9.86. The molecule has 0 bridgehead atoms. The second-order valence-corrected chi connectivity index (χ2v) is 2.98. The Morgan fingerprint density at radius 1 is 1.44 bits per heavy atom. The Bertz CT molecular complexity index is 583. The number of rotatable bonds is 2. The number of hydrogen-bond donors (Lipinski definition) is 0. The van der Waals surface area contributed by atoms with Crippen molar-refractivity contribution in [3.05, 3.63) is 52.6 Å². The van der Waals surface area contributed by atoms with Gasteiger partial charge in [-0.15, -0.1) is 0 Å². The van der Waals surface area contributed by atoms with Crippen molar-refractivity contribution in [2.75, 3.05) is 0 Å². The molecule has 0 unspecified atom stereocenters. The van der Waals surface area contributed by atoms with E-state index < -0.39 is 4.92 Å². The van der Waals surface area contributed by atoms with Crippen molar-refractivity contribution in [1.82, 2.24) is 9.55 Å². The highest BCUT2D eigenvalue weighted by atomic mass is 16.6. The predicted molar refractivity (Wildman–Crippen MR) is 54.9 cm³/mol. The van der Waals surface area contributed by atoms with Crippen LogP contribution in [-0.4, -0.2) is 14.5 Å². The van der Waals surface area contributed by atoms with E-state index in [1.165, 1.54) is 23.0 Å². The van der Waals surface area contributed by atoms with E-state index in [-0.39, 0.29) is 11.5 Å². The molecule has 0 N–H and O–H groups in total. The molecule has 78 valence electrons. The van der Waals surface area contributed by atoms with Gasteiger partial charge in [-0.3, -0.25) is 14.7 Å². The minimum absolute atomic E-state index is 0.0583. The van der Waals surface area contributed by atoms with E-state index in [4.69, 9.17) is 5.26 Å². The average Bonchev–Trinajstić information content (AvgIpc) is 2.76. The molecular formula is C10H6N4O2. The summed E-state index contributed by atoms with van der Waals surface area (Å²) in [6, 6.07) is 8.07. The summed E-state index contributed by atoms with van der Waals surface area (Å²) in [6.07, 6.45) is 2.94. The summed E-state index contributed by atoms with van der Waals surface area (Å²) in [5.41, 5.74) is 0.276. The maximum Gasteiger partial charge on any atom is 0.293 e. The fraction of sp³-hybridized carbons (Fsp3) is 0. The molecule has 2 rings (SSSR count). The molecule has 16 heavy (non-hydrogen) atoms. The second kappa shape index (κ2) is 3.82. The number of para-hydroxylation sites is 2.